The van der Waals surface area contributed by atoms with Crippen LogP contribution in [0.2, 0.25) is 0 Å². The number of amides is 2. The summed E-state index contributed by atoms with van der Waals surface area (Å²) in [5.41, 5.74) is 1.22. The van der Waals surface area contributed by atoms with Crippen molar-refractivity contribution in [2.45, 2.75) is 31.3 Å². The van der Waals surface area contributed by atoms with Gasteiger partial charge in [0.05, 0.1) is 0 Å². The molecule has 2 aliphatic rings. The number of rotatable bonds is 2. The number of aryl methyl sites for hydroxylation is 1. The van der Waals surface area contributed by atoms with Crippen LogP contribution in [0.25, 0.3) is 0 Å². The maximum absolute atomic E-state index is 12.0. The molecule has 0 saturated carbocycles. The van der Waals surface area contributed by atoms with E-state index >= 15 is 0 Å². The van der Waals surface area contributed by atoms with Gasteiger partial charge < -0.3 is 15.0 Å². The Morgan fingerprint density at radius 3 is 2.86 bits per heavy atom. The molecule has 1 aromatic rings. The minimum absolute atomic E-state index is 0.000889. The van der Waals surface area contributed by atoms with Gasteiger partial charge in [-0.3, -0.25) is 0 Å². The van der Waals surface area contributed by atoms with E-state index in [0.29, 0.717) is 6.54 Å². The van der Waals surface area contributed by atoms with Crippen LogP contribution in [0.4, 0.5) is 4.79 Å². The quantitative estimate of drug-likeness (QED) is 0.849. The first-order valence-corrected chi connectivity index (χ1v) is 7.63. The molecule has 0 radical (unpaired) electrons. The van der Waals surface area contributed by atoms with Gasteiger partial charge in [-0.15, -0.1) is 6.58 Å². The molecule has 0 atom stereocenters. The zero-order valence-electron chi connectivity index (χ0n) is 12.3. The largest absolute Gasteiger partial charge is 0.487 e. The van der Waals surface area contributed by atoms with E-state index in [1.807, 2.05) is 11.0 Å². The van der Waals surface area contributed by atoms with E-state index in [1.165, 1.54) is 5.56 Å². The summed E-state index contributed by atoms with van der Waals surface area (Å²) in [5.74, 6) is 1.02. The van der Waals surface area contributed by atoms with Crippen molar-refractivity contribution in [2.24, 2.45) is 0 Å². The number of nitrogens with zero attached hydrogens (tertiary/aromatic N) is 1. The first kappa shape index (κ1) is 14.0. The lowest BCUT2D eigenvalue weighted by Crippen LogP contribution is -2.53. The zero-order valence-corrected chi connectivity index (χ0v) is 12.3. The van der Waals surface area contributed by atoms with E-state index in [4.69, 9.17) is 4.74 Å². The number of likely N-dealkylation sites (tertiary alicyclic amines) is 1. The second-order valence-electron chi connectivity index (χ2n) is 5.85. The third kappa shape index (κ3) is 2.89. The van der Waals surface area contributed by atoms with Crippen LogP contribution in [0.5, 0.6) is 5.75 Å². The van der Waals surface area contributed by atoms with E-state index in [1.54, 1.807) is 6.08 Å². The van der Waals surface area contributed by atoms with Gasteiger partial charge in [0, 0.05) is 32.5 Å². The third-order valence-electron chi connectivity index (χ3n) is 4.51. The second kappa shape index (κ2) is 5.80. The number of ether oxygens (including phenoxy) is 1. The molecule has 4 nitrogen and oxygen atoms in total. The summed E-state index contributed by atoms with van der Waals surface area (Å²) < 4.78 is 6.30. The average molecular weight is 286 g/mol. The van der Waals surface area contributed by atoms with Crippen molar-refractivity contribution in [1.82, 2.24) is 10.2 Å². The molecule has 112 valence electrons. The molecule has 2 amide bonds. The van der Waals surface area contributed by atoms with Crippen LogP contribution in [-0.4, -0.2) is 36.2 Å². The van der Waals surface area contributed by atoms with Gasteiger partial charge in [-0.25, -0.2) is 4.79 Å². The van der Waals surface area contributed by atoms with Crippen molar-refractivity contribution >= 4 is 6.03 Å². The first-order valence-electron chi connectivity index (χ1n) is 7.63. The Labute approximate surface area is 125 Å². The lowest BCUT2D eigenvalue weighted by atomic mass is 9.83. The van der Waals surface area contributed by atoms with Crippen molar-refractivity contribution in [3.8, 4) is 5.75 Å². The van der Waals surface area contributed by atoms with Crippen molar-refractivity contribution in [2.75, 3.05) is 19.6 Å². The number of hydrogen-bond acceptors (Lipinski definition) is 2. The predicted octanol–water partition coefficient (Wildman–Crippen LogP) is 2.74. The predicted molar refractivity (Wildman–Crippen MR) is 82.5 cm³/mol. The summed E-state index contributed by atoms with van der Waals surface area (Å²) in [6, 6.07) is 8.28. The molecule has 21 heavy (non-hydrogen) atoms. The molecule has 2 heterocycles. The highest BCUT2D eigenvalue weighted by Crippen LogP contribution is 2.39. The Morgan fingerprint density at radius 2 is 2.10 bits per heavy atom. The molecule has 0 bridgehead atoms. The standard InChI is InChI=1S/C17H22N2O2/c1-2-11-18-16(20)19-12-9-17(10-13-19)8-7-14-5-3-4-6-15(14)21-17/h2-6H,1,7-13H2,(H,18,20). The summed E-state index contributed by atoms with van der Waals surface area (Å²) >= 11 is 0. The molecule has 2 aliphatic heterocycles. The summed E-state index contributed by atoms with van der Waals surface area (Å²) in [5, 5.41) is 2.84. The minimum atomic E-state index is -0.0798. The second-order valence-corrected chi connectivity index (χ2v) is 5.85. The highest BCUT2D eigenvalue weighted by molar-refractivity contribution is 5.74. The van der Waals surface area contributed by atoms with Gasteiger partial charge in [-0.05, 0) is 24.5 Å². The summed E-state index contributed by atoms with van der Waals surface area (Å²) in [7, 11) is 0. The number of fused-ring (bicyclic) bond motifs is 1. The number of carbonyl (C=O) groups excluding carboxylic acids is 1. The van der Waals surface area contributed by atoms with Gasteiger partial charge in [0.15, 0.2) is 0 Å². The van der Waals surface area contributed by atoms with Gasteiger partial charge >= 0.3 is 6.03 Å². The van der Waals surface area contributed by atoms with Gasteiger partial charge in [-0.2, -0.15) is 0 Å². The Balaban J connectivity index is 1.61. The Kier molecular flexibility index (Phi) is 3.86. The van der Waals surface area contributed by atoms with Gasteiger partial charge in [0.2, 0.25) is 0 Å². The fraction of sp³-hybridized carbons (Fsp3) is 0.471. The Morgan fingerprint density at radius 1 is 1.33 bits per heavy atom. The highest BCUT2D eigenvalue weighted by Gasteiger charge is 2.40. The van der Waals surface area contributed by atoms with Crippen molar-refractivity contribution < 1.29 is 9.53 Å². The maximum atomic E-state index is 12.0. The van der Waals surface area contributed by atoms with Crippen LogP contribution >= 0.6 is 0 Å². The van der Waals surface area contributed by atoms with Crippen molar-refractivity contribution in [3.63, 3.8) is 0 Å². The monoisotopic (exact) mass is 286 g/mol. The molecule has 1 fully saturated rings. The topological polar surface area (TPSA) is 41.6 Å². The molecular weight excluding hydrogens is 264 g/mol. The third-order valence-corrected chi connectivity index (χ3v) is 4.51. The summed E-state index contributed by atoms with van der Waals surface area (Å²) in [4.78, 5) is 13.8. The highest BCUT2D eigenvalue weighted by atomic mass is 16.5. The smallest absolute Gasteiger partial charge is 0.317 e. The Bertz CT molecular complexity index is 533. The van der Waals surface area contributed by atoms with E-state index in [-0.39, 0.29) is 11.6 Å². The molecule has 0 unspecified atom stereocenters. The molecule has 1 saturated heterocycles. The van der Waals surface area contributed by atoms with Gasteiger partial charge in [0.1, 0.15) is 11.4 Å². The van der Waals surface area contributed by atoms with Crippen LogP contribution < -0.4 is 10.1 Å². The molecule has 3 rings (SSSR count). The number of para-hydroxylation sites is 1. The van der Waals surface area contributed by atoms with E-state index in [2.05, 4.69) is 30.1 Å². The normalized spacial score (nSPS) is 19.5. The van der Waals surface area contributed by atoms with Crippen LogP contribution in [-0.2, 0) is 6.42 Å². The fourth-order valence-corrected chi connectivity index (χ4v) is 3.20. The van der Waals surface area contributed by atoms with Crippen LogP contribution in [0, 0.1) is 0 Å². The lowest BCUT2D eigenvalue weighted by Gasteiger charge is -2.44. The first-order chi connectivity index (χ1) is 10.2. The summed E-state index contributed by atoms with van der Waals surface area (Å²) in [6.07, 6.45) is 5.63. The van der Waals surface area contributed by atoms with E-state index in [9.17, 15) is 4.79 Å². The number of urea groups is 1. The zero-order chi connectivity index (χ0) is 14.7. The SMILES string of the molecule is C=CCNC(=O)N1CCC2(CCc3ccccc3O2)CC1. The average Bonchev–Trinajstić information content (AvgIpc) is 2.53. The number of nitrogens with one attached hydrogen (secondary N) is 1. The number of carbonyl (C=O) groups is 1. The number of benzene rings is 1. The molecule has 1 N–H and O–H groups in total. The number of hydrogen-bond donors (Lipinski definition) is 1. The molecule has 1 aromatic carbocycles. The van der Waals surface area contributed by atoms with E-state index in [0.717, 1.165) is 44.5 Å². The molecular formula is C17H22N2O2. The molecule has 0 aliphatic carbocycles. The molecule has 1 spiro atoms. The van der Waals surface area contributed by atoms with Crippen LogP contribution in [0.3, 0.4) is 0 Å². The Hall–Kier alpha value is -1.97. The number of piperidine rings is 1. The van der Waals surface area contributed by atoms with E-state index < -0.39 is 0 Å². The summed E-state index contributed by atoms with van der Waals surface area (Å²) in [6.45, 7) is 5.64. The van der Waals surface area contributed by atoms with Crippen molar-refractivity contribution in [1.29, 1.82) is 0 Å². The van der Waals surface area contributed by atoms with Crippen LogP contribution in [0.15, 0.2) is 36.9 Å². The maximum Gasteiger partial charge on any atom is 0.317 e. The fourth-order valence-electron chi connectivity index (χ4n) is 3.20. The van der Waals surface area contributed by atoms with Crippen molar-refractivity contribution in [3.05, 3.63) is 42.5 Å². The minimum Gasteiger partial charge on any atom is -0.487 e. The lowest BCUT2D eigenvalue weighted by molar-refractivity contribution is -0.00542. The van der Waals surface area contributed by atoms with Gasteiger partial charge in [0.25, 0.3) is 0 Å². The molecule has 4 heteroatoms. The van der Waals surface area contributed by atoms with Gasteiger partial charge in [-0.1, -0.05) is 24.3 Å². The molecule has 0 aromatic heterocycles. The van der Waals surface area contributed by atoms with Crippen LogP contribution in [0.1, 0.15) is 24.8 Å².